The smallest absolute Gasteiger partial charge is 0.408 e. The van der Waals surface area contributed by atoms with Gasteiger partial charge in [-0.1, -0.05) is 13.3 Å². The van der Waals surface area contributed by atoms with E-state index in [0.29, 0.717) is 6.61 Å². The van der Waals surface area contributed by atoms with Crippen LogP contribution in [0.3, 0.4) is 0 Å². The van der Waals surface area contributed by atoms with Gasteiger partial charge in [0.1, 0.15) is 36.4 Å². The third-order valence-electron chi connectivity index (χ3n) is 5.33. The number of unbranched alkanes of at least 4 members (excludes halogenated alkanes) is 1. The standard InChI is InChI=1S/C17H30N2O7.C13H22N2O7/c1-6-7-10-25-13(20)9-8-12(15(22)18-11-14(21)24-5)19-16(23)26-17(2,3)4;1-13(2,3)22-12(20)15-8(5-6-9(16)17)11(19)14-7-10(18)21-4/h12H,6-11H2,1-5H3,(H,18,22)(H,19,23);8H,5-7H2,1-4H3,(H,14,19)(H,15,20)(H,16,17)/t12-;8-/m00/s1. The number of methoxy groups -OCH3 is 2. The highest BCUT2D eigenvalue weighted by Gasteiger charge is 2.27. The highest BCUT2D eigenvalue weighted by Crippen LogP contribution is 2.09. The topological polar surface area (TPSA) is 251 Å². The minimum absolute atomic E-state index is 0.0111. The van der Waals surface area contributed by atoms with Crippen LogP contribution in [0, 0.1) is 0 Å². The molecular formula is C30H52N4O14. The average Bonchev–Trinajstić information content (AvgIpc) is 2.96. The van der Waals surface area contributed by atoms with Crippen LogP contribution in [0.4, 0.5) is 9.59 Å². The molecule has 0 aliphatic heterocycles. The van der Waals surface area contributed by atoms with Gasteiger partial charge in [0.25, 0.3) is 0 Å². The lowest BCUT2D eigenvalue weighted by molar-refractivity contribution is -0.144. The molecule has 0 aliphatic rings. The Morgan fingerprint density at radius 2 is 1.04 bits per heavy atom. The molecule has 0 aromatic carbocycles. The number of ether oxygens (including phenoxy) is 5. The molecule has 0 saturated carbocycles. The number of aliphatic carboxylic acids is 1. The highest BCUT2D eigenvalue weighted by molar-refractivity contribution is 5.89. The number of carbonyl (C=O) groups excluding carboxylic acids is 7. The second-order valence-corrected chi connectivity index (χ2v) is 12.0. The van der Waals surface area contributed by atoms with Gasteiger partial charge in [-0.2, -0.15) is 0 Å². The molecule has 0 rings (SSSR count). The Balaban J connectivity index is 0. The maximum absolute atomic E-state index is 12.2. The number of hydrogen-bond acceptors (Lipinski definition) is 13. The number of carboxylic acid groups (broad SMARTS) is 1. The van der Waals surface area contributed by atoms with Crippen molar-refractivity contribution in [1.82, 2.24) is 21.3 Å². The van der Waals surface area contributed by atoms with Crippen molar-refractivity contribution in [3.63, 3.8) is 0 Å². The van der Waals surface area contributed by atoms with Crippen molar-refractivity contribution < 1.29 is 67.1 Å². The van der Waals surface area contributed by atoms with E-state index in [1.165, 1.54) is 7.11 Å². The van der Waals surface area contributed by atoms with E-state index in [1.54, 1.807) is 41.5 Å². The van der Waals surface area contributed by atoms with Crippen LogP contribution in [0.5, 0.6) is 0 Å². The molecule has 0 aromatic rings. The van der Waals surface area contributed by atoms with E-state index >= 15 is 0 Å². The van der Waals surface area contributed by atoms with E-state index in [2.05, 4.69) is 30.7 Å². The van der Waals surface area contributed by atoms with Crippen molar-refractivity contribution in [1.29, 1.82) is 0 Å². The first-order valence-electron chi connectivity index (χ1n) is 15.2. The Kier molecular flexibility index (Phi) is 22.4. The third kappa shape index (κ3) is 26.6. The van der Waals surface area contributed by atoms with Gasteiger partial charge in [0, 0.05) is 12.8 Å². The maximum Gasteiger partial charge on any atom is 0.408 e. The number of rotatable bonds is 17. The van der Waals surface area contributed by atoms with Crippen LogP contribution in [-0.4, -0.2) is 110 Å². The first-order chi connectivity index (χ1) is 22.1. The quantitative estimate of drug-likeness (QED) is 0.0819. The van der Waals surface area contributed by atoms with Crippen molar-refractivity contribution in [2.24, 2.45) is 0 Å². The number of nitrogens with one attached hydrogen (secondary N) is 4. The lowest BCUT2D eigenvalue weighted by Crippen LogP contribution is -2.49. The van der Waals surface area contributed by atoms with Crippen molar-refractivity contribution in [2.75, 3.05) is 33.9 Å². The molecule has 0 bridgehead atoms. The van der Waals surface area contributed by atoms with E-state index in [-0.39, 0.29) is 38.8 Å². The predicted octanol–water partition coefficient (Wildman–Crippen LogP) is 1.33. The minimum Gasteiger partial charge on any atom is -0.481 e. The highest BCUT2D eigenvalue weighted by atomic mass is 16.6. The van der Waals surface area contributed by atoms with Crippen molar-refractivity contribution >= 4 is 47.9 Å². The van der Waals surface area contributed by atoms with Crippen molar-refractivity contribution in [3.05, 3.63) is 0 Å². The average molecular weight is 693 g/mol. The lowest BCUT2D eigenvalue weighted by Gasteiger charge is -2.23. The van der Waals surface area contributed by atoms with Gasteiger partial charge < -0.3 is 50.1 Å². The largest absolute Gasteiger partial charge is 0.481 e. The molecule has 48 heavy (non-hydrogen) atoms. The number of carboxylic acids is 1. The Labute approximate surface area is 280 Å². The molecule has 18 nitrogen and oxygen atoms in total. The monoisotopic (exact) mass is 692 g/mol. The molecule has 276 valence electrons. The second kappa shape index (κ2) is 23.6. The SMILES string of the molecule is CCCCOC(=O)CC[C@H](NC(=O)OC(C)(C)C)C(=O)NCC(=O)OC.COC(=O)CNC(=O)[C@H](CCC(=O)O)NC(=O)OC(C)(C)C. The summed E-state index contributed by atoms with van der Waals surface area (Å²) in [6.45, 7) is 11.6. The summed E-state index contributed by atoms with van der Waals surface area (Å²) in [5.41, 5.74) is -1.50. The van der Waals surface area contributed by atoms with E-state index in [4.69, 9.17) is 19.3 Å². The first kappa shape index (κ1) is 45.5. The number of alkyl carbamates (subject to hydrolysis) is 2. The second-order valence-electron chi connectivity index (χ2n) is 12.0. The van der Waals surface area contributed by atoms with Crippen LogP contribution in [0.1, 0.15) is 87.0 Å². The fraction of sp³-hybridized carbons (Fsp3) is 0.733. The molecular weight excluding hydrogens is 640 g/mol. The summed E-state index contributed by atoms with van der Waals surface area (Å²) in [5, 5.41) is 17.9. The lowest BCUT2D eigenvalue weighted by atomic mass is 10.1. The number of esters is 3. The normalized spacial score (nSPS) is 11.9. The van der Waals surface area contributed by atoms with Gasteiger partial charge in [-0.05, 0) is 60.8 Å². The summed E-state index contributed by atoms with van der Waals surface area (Å²) in [6.07, 6.45) is -0.510. The Bertz CT molecular complexity index is 1080. The maximum atomic E-state index is 12.2. The molecule has 0 radical (unpaired) electrons. The van der Waals surface area contributed by atoms with Crippen LogP contribution in [0.25, 0.3) is 0 Å². The summed E-state index contributed by atoms with van der Waals surface area (Å²) >= 11 is 0. The molecule has 0 aromatic heterocycles. The predicted molar refractivity (Wildman–Crippen MR) is 168 cm³/mol. The van der Waals surface area contributed by atoms with Gasteiger partial charge in [-0.15, -0.1) is 0 Å². The van der Waals surface area contributed by atoms with Gasteiger partial charge in [0.2, 0.25) is 11.8 Å². The van der Waals surface area contributed by atoms with Gasteiger partial charge in [0.05, 0.1) is 20.8 Å². The molecule has 0 unspecified atom stereocenters. The van der Waals surface area contributed by atoms with Crippen LogP contribution < -0.4 is 21.3 Å². The molecule has 2 atom stereocenters. The summed E-state index contributed by atoms with van der Waals surface area (Å²) in [5.74, 6) is -4.19. The first-order valence-corrected chi connectivity index (χ1v) is 15.2. The van der Waals surface area contributed by atoms with E-state index in [9.17, 15) is 38.4 Å². The summed E-state index contributed by atoms with van der Waals surface area (Å²) in [4.78, 5) is 92.1. The van der Waals surface area contributed by atoms with Crippen LogP contribution in [0.15, 0.2) is 0 Å². The Hall–Kier alpha value is -4.64. The zero-order valence-electron chi connectivity index (χ0n) is 29.3. The molecule has 0 saturated heterocycles. The molecule has 0 aliphatic carbocycles. The molecule has 0 spiro atoms. The molecule has 0 heterocycles. The van der Waals surface area contributed by atoms with Crippen molar-refractivity contribution in [3.8, 4) is 0 Å². The third-order valence-corrected chi connectivity index (χ3v) is 5.33. The summed E-state index contributed by atoms with van der Waals surface area (Å²) < 4.78 is 23.9. The van der Waals surface area contributed by atoms with Crippen molar-refractivity contribution in [2.45, 2.75) is 110 Å². The fourth-order valence-corrected chi connectivity index (χ4v) is 3.08. The Morgan fingerprint density at radius 1 is 0.646 bits per heavy atom. The summed E-state index contributed by atoms with van der Waals surface area (Å²) in [7, 11) is 2.35. The van der Waals surface area contributed by atoms with E-state index in [0.717, 1.165) is 20.0 Å². The minimum atomic E-state index is -1.13. The zero-order valence-corrected chi connectivity index (χ0v) is 29.3. The Morgan fingerprint density at radius 3 is 1.38 bits per heavy atom. The van der Waals surface area contributed by atoms with Crippen LogP contribution in [-0.2, 0) is 52.5 Å². The van der Waals surface area contributed by atoms with E-state index in [1.807, 2.05) is 6.92 Å². The molecule has 0 fully saturated rings. The van der Waals surface area contributed by atoms with Gasteiger partial charge in [-0.3, -0.25) is 28.8 Å². The summed E-state index contributed by atoms with van der Waals surface area (Å²) in [6, 6.07) is -2.18. The number of amides is 4. The van der Waals surface area contributed by atoms with Crippen LogP contribution in [0.2, 0.25) is 0 Å². The van der Waals surface area contributed by atoms with E-state index < -0.39 is 71.2 Å². The number of carbonyl (C=O) groups is 8. The van der Waals surface area contributed by atoms with Crippen LogP contribution >= 0.6 is 0 Å². The molecule has 5 N–H and O–H groups in total. The van der Waals surface area contributed by atoms with Gasteiger partial charge >= 0.3 is 36.1 Å². The number of hydrogen-bond donors (Lipinski definition) is 5. The van der Waals surface area contributed by atoms with Gasteiger partial charge in [-0.25, -0.2) is 9.59 Å². The zero-order chi connectivity index (χ0) is 37.5. The van der Waals surface area contributed by atoms with Gasteiger partial charge in [0.15, 0.2) is 0 Å². The molecule has 18 heteroatoms. The fourth-order valence-electron chi connectivity index (χ4n) is 3.08. The molecule has 4 amide bonds.